The van der Waals surface area contributed by atoms with Crippen LogP contribution in [0, 0.1) is 0 Å². The van der Waals surface area contributed by atoms with Gasteiger partial charge in [0.05, 0.1) is 12.3 Å². The molecule has 2 N–H and O–H groups in total. The van der Waals surface area contributed by atoms with Gasteiger partial charge in [0.25, 0.3) is 0 Å². The van der Waals surface area contributed by atoms with Gasteiger partial charge < -0.3 is 15.4 Å². The predicted octanol–water partition coefficient (Wildman–Crippen LogP) is 3.49. The van der Waals surface area contributed by atoms with Crippen molar-refractivity contribution in [3.8, 4) is 11.4 Å². The van der Waals surface area contributed by atoms with Crippen LogP contribution in [0.3, 0.4) is 0 Å². The Hall–Kier alpha value is -2.19. The second kappa shape index (κ2) is 11.9. The van der Waals surface area contributed by atoms with E-state index in [1.165, 1.54) is 12.0 Å². The van der Waals surface area contributed by atoms with Crippen LogP contribution >= 0.6 is 24.8 Å². The second-order valence-electron chi connectivity index (χ2n) is 6.95. The lowest BCUT2D eigenvalue weighted by molar-refractivity contribution is 0.299. The maximum absolute atomic E-state index is 5.84. The van der Waals surface area contributed by atoms with Gasteiger partial charge >= 0.3 is 0 Å². The highest BCUT2D eigenvalue weighted by atomic mass is 35.5. The smallest absolute Gasteiger partial charge is 0.143 e. The van der Waals surface area contributed by atoms with E-state index in [2.05, 4.69) is 62.6 Å². The molecule has 0 aliphatic carbocycles. The summed E-state index contributed by atoms with van der Waals surface area (Å²) in [6.07, 6.45) is 3.91. The van der Waals surface area contributed by atoms with Crippen molar-refractivity contribution in [1.29, 1.82) is 0 Å². The van der Waals surface area contributed by atoms with Gasteiger partial charge in [0.1, 0.15) is 12.1 Å². The van der Waals surface area contributed by atoms with E-state index in [-0.39, 0.29) is 24.8 Å². The van der Waals surface area contributed by atoms with Gasteiger partial charge in [-0.3, -0.25) is 0 Å². The van der Waals surface area contributed by atoms with Crippen molar-refractivity contribution in [2.75, 3.05) is 13.2 Å². The first-order valence-corrected chi connectivity index (χ1v) is 9.86. The van der Waals surface area contributed by atoms with Crippen LogP contribution < -0.4 is 15.4 Å². The molecule has 1 aromatic heterocycles. The fourth-order valence-corrected chi connectivity index (χ4v) is 3.78. The average molecular weight is 451 g/mol. The summed E-state index contributed by atoms with van der Waals surface area (Å²) < 4.78 is 7.51. The van der Waals surface area contributed by atoms with Crippen molar-refractivity contribution < 1.29 is 4.74 Å². The lowest BCUT2D eigenvalue weighted by Crippen LogP contribution is -2.45. The Labute approximate surface area is 189 Å². The van der Waals surface area contributed by atoms with E-state index in [9.17, 15) is 0 Å². The first-order valence-electron chi connectivity index (χ1n) is 9.86. The molecule has 0 saturated carbocycles. The van der Waals surface area contributed by atoms with Gasteiger partial charge in [-0.1, -0.05) is 30.3 Å². The molecule has 3 aromatic rings. The first kappa shape index (κ1) is 24.1. The highest BCUT2D eigenvalue weighted by molar-refractivity contribution is 5.85. The molecule has 1 fully saturated rings. The van der Waals surface area contributed by atoms with Gasteiger partial charge in [-0.05, 0) is 60.5 Å². The molecule has 1 saturated heterocycles. The highest BCUT2D eigenvalue weighted by Crippen LogP contribution is 2.26. The quantitative estimate of drug-likeness (QED) is 0.573. The number of benzene rings is 2. The maximum atomic E-state index is 5.84. The minimum Gasteiger partial charge on any atom is -0.494 e. The van der Waals surface area contributed by atoms with Crippen LogP contribution in [0.15, 0.2) is 54.9 Å². The third kappa shape index (κ3) is 5.70. The van der Waals surface area contributed by atoms with Crippen molar-refractivity contribution >= 4 is 24.8 Å². The molecule has 0 bridgehead atoms. The molecule has 9 heteroatoms. The zero-order valence-electron chi connectivity index (χ0n) is 16.9. The Kier molecular flexibility index (Phi) is 9.52. The molecule has 0 radical (unpaired) electrons. The summed E-state index contributed by atoms with van der Waals surface area (Å²) in [5, 5.41) is 18.9. The first-order chi connectivity index (χ1) is 13.8. The lowest BCUT2D eigenvalue weighted by atomic mass is 9.92. The van der Waals surface area contributed by atoms with Crippen molar-refractivity contribution in [2.45, 2.75) is 38.4 Å². The molecule has 2 heterocycles. The summed E-state index contributed by atoms with van der Waals surface area (Å²) in [4.78, 5) is 0. The summed E-state index contributed by atoms with van der Waals surface area (Å²) in [6.45, 7) is 4.41. The number of tetrazole rings is 1. The van der Waals surface area contributed by atoms with Crippen LogP contribution in [0.2, 0.25) is 0 Å². The Morgan fingerprint density at radius 2 is 2.00 bits per heavy atom. The Bertz CT molecular complexity index is 878. The van der Waals surface area contributed by atoms with Crippen molar-refractivity contribution in [1.82, 2.24) is 30.8 Å². The number of aromatic nitrogens is 4. The van der Waals surface area contributed by atoms with Gasteiger partial charge in [0, 0.05) is 24.2 Å². The molecule has 162 valence electrons. The molecule has 1 aliphatic heterocycles. The largest absolute Gasteiger partial charge is 0.494 e. The van der Waals surface area contributed by atoms with E-state index in [1.807, 2.05) is 19.1 Å². The predicted molar refractivity (Wildman–Crippen MR) is 122 cm³/mol. The van der Waals surface area contributed by atoms with Crippen molar-refractivity contribution in [3.63, 3.8) is 0 Å². The third-order valence-electron chi connectivity index (χ3n) is 5.13. The summed E-state index contributed by atoms with van der Waals surface area (Å²) in [6, 6.07) is 17.4. The summed E-state index contributed by atoms with van der Waals surface area (Å²) in [5.74, 6) is 0.895. The standard InChI is InChI=1S/C21H26N6O.2ClH/c1-2-28-20-11-10-18(27-15-24-25-26-27)13-17(20)14-23-19-9-6-12-22-21(19)16-7-4-3-5-8-16;;/h3-5,7-8,10-11,13,15,19,21-23H,2,6,9,12,14H2,1H3;2*1H/t19-,21-;;/m0../s1. The van der Waals surface area contributed by atoms with E-state index in [4.69, 9.17) is 4.74 Å². The topological polar surface area (TPSA) is 76.9 Å². The second-order valence-corrected chi connectivity index (χ2v) is 6.95. The van der Waals surface area contributed by atoms with E-state index < -0.39 is 0 Å². The van der Waals surface area contributed by atoms with Crippen molar-refractivity contribution in [3.05, 3.63) is 66.0 Å². The number of piperidine rings is 1. The van der Waals surface area contributed by atoms with Crippen LogP contribution in [0.1, 0.15) is 36.9 Å². The Balaban J connectivity index is 0.00000160. The zero-order chi connectivity index (χ0) is 19.2. The highest BCUT2D eigenvalue weighted by Gasteiger charge is 2.25. The maximum Gasteiger partial charge on any atom is 0.143 e. The molecular weight excluding hydrogens is 423 g/mol. The van der Waals surface area contributed by atoms with Gasteiger partial charge in [-0.25, -0.2) is 4.68 Å². The molecule has 2 aromatic carbocycles. The average Bonchev–Trinajstić information content (AvgIpc) is 3.29. The van der Waals surface area contributed by atoms with E-state index >= 15 is 0 Å². The normalized spacial score (nSPS) is 18.2. The Morgan fingerprint density at radius 3 is 2.73 bits per heavy atom. The van der Waals surface area contributed by atoms with E-state index in [1.54, 1.807) is 11.0 Å². The van der Waals surface area contributed by atoms with Crippen LogP contribution in [0.5, 0.6) is 5.75 Å². The number of hydrogen-bond donors (Lipinski definition) is 2. The fraction of sp³-hybridized carbons (Fsp3) is 0.381. The molecule has 0 unspecified atom stereocenters. The van der Waals surface area contributed by atoms with Crippen LogP contribution in [-0.4, -0.2) is 39.4 Å². The van der Waals surface area contributed by atoms with Gasteiger partial charge in [-0.2, -0.15) is 0 Å². The van der Waals surface area contributed by atoms with Crippen LogP contribution in [0.4, 0.5) is 0 Å². The van der Waals surface area contributed by atoms with Crippen LogP contribution in [0.25, 0.3) is 5.69 Å². The number of ether oxygens (including phenoxy) is 1. The fourth-order valence-electron chi connectivity index (χ4n) is 3.78. The molecule has 1 aliphatic rings. The summed E-state index contributed by atoms with van der Waals surface area (Å²) in [7, 11) is 0. The van der Waals surface area contributed by atoms with E-state index in [0.29, 0.717) is 18.7 Å². The monoisotopic (exact) mass is 450 g/mol. The zero-order valence-corrected chi connectivity index (χ0v) is 18.5. The van der Waals surface area contributed by atoms with E-state index in [0.717, 1.165) is 36.5 Å². The molecule has 2 atom stereocenters. The number of nitrogens with one attached hydrogen (secondary N) is 2. The number of rotatable bonds is 7. The van der Waals surface area contributed by atoms with Gasteiger partial charge in [0.2, 0.25) is 0 Å². The lowest BCUT2D eigenvalue weighted by Gasteiger charge is -2.34. The van der Waals surface area contributed by atoms with Gasteiger partial charge in [-0.15, -0.1) is 29.9 Å². The minimum absolute atomic E-state index is 0. The molecule has 30 heavy (non-hydrogen) atoms. The summed E-state index contributed by atoms with van der Waals surface area (Å²) in [5.41, 5.74) is 3.35. The summed E-state index contributed by atoms with van der Waals surface area (Å²) >= 11 is 0. The SMILES string of the molecule is CCOc1ccc(-n2cnnn2)cc1CN[C@H]1CCCN[C@H]1c1ccccc1.Cl.Cl. The molecule has 7 nitrogen and oxygen atoms in total. The van der Waals surface area contributed by atoms with Crippen molar-refractivity contribution in [2.24, 2.45) is 0 Å². The molecule has 0 spiro atoms. The number of hydrogen-bond acceptors (Lipinski definition) is 6. The number of halogens is 2. The molecular formula is C21H28Cl2N6O. The molecule has 4 rings (SSSR count). The molecule has 0 amide bonds. The van der Waals surface area contributed by atoms with Crippen LogP contribution in [-0.2, 0) is 6.54 Å². The third-order valence-corrected chi connectivity index (χ3v) is 5.13. The Morgan fingerprint density at radius 1 is 1.17 bits per heavy atom. The number of nitrogens with zero attached hydrogens (tertiary/aromatic N) is 4. The minimum atomic E-state index is 0. The van der Waals surface area contributed by atoms with Gasteiger partial charge in [0.15, 0.2) is 0 Å².